The summed E-state index contributed by atoms with van der Waals surface area (Å²) >= 11 is 5.92. The number of nitrogens with zero attached hydrogens (tertiary/aromatic N) is 1. The van der Waals surface area contributed by atoms with Crippen molar-refractivity contribution in [3.05, 3.63) is 34.9 Å². The Balaban J connectivity index is 1.93. The third kappa shape index (κ3) is 3.44. The number of hydrogen-bond donors (Lipinski definition) is 1. The lowest BCUT2D eigenvalue weighted by molar-refractivity contribution is 0.103. The summed E-state index contributed by atoms with van der Waals surface area (Å²) in [5.74, 6) is 0.826. The number of hydrogen-bond acceptors (Lipinski definition) is 2. The molecule has 0 radical (unpaired) electrons. The molecule has 94 valence electrons. The number of rotatable bonds is 5. The van der Waals surface area contributed by atoms with Crippen LogP contribution < -0.4 is 0 Å². The second-order valence-electron chi connectivity index (χ2n) is 5.09. The molecule has 2 atom stereocenters. The van der Waals surface area contributed by atoms with Crippen LogP contribution in [0.3, 0.4) is 0 Å². The predicted molar refractivity (Wildman–Crippen MR) is 71.2 cm³/mol. The van der Waals surface area contributed by atoms with Gasteiger partial charge in [-0.2, -0.15) is 0 Å². The molecule has 0 spiro atoms. The molecule has 0 bridgehead atoms. The maximum Gasteiger partial charge on any atom is 0.0917 e. The Kier molecular flexibility index (Phi) is 4.08. The van der Waals surface area contributed by atoms with Crippen molar-refractivity contribution < 1.29 is 5.11 Å². The van der Waals surface area contributed by atoms with E-state index in [9.17, 15) is 5.11 Å². The van der Waals surface area contributed by atoms with Gasteiger partial charge in [0.1, 0.15) is 0 Å². The minimum Gasteiger partial charge on any atom is -0.387 e. The molecule has 17 heavy (non-hydrogen) atoms. The van der Waals surface area contributed by atoms with Crippen molar-refractivity contribution in [2.24, 2.45) is 5.92 Å². The van der Waals surface area contributed by atoms with Crippen molar-refractivity contribution in [1.29, 1.82) is 0 Å². The monoisotopic (exact) mass is 253 g/mol. The molecule has 1 N–H and O–H groups in total. The molecule has 1 fully saturated rings. The molecule has 0 aromatic heterocycles. The summed E-state index contributed by atoms with van der Waals surface area (Å²) < 4.78 is 0. The SMILES string of the molecule is CC(C1CC1)N(C)CC(O)c1cccc(Cl)c1. The van der Waals surface area contributed by atoms with Gasteiger partial charge < -0.3 is 10.0 Å². The predicted octanol–water partition coefficient (Wildman–Crippen LogP) is 3.10. The first-order valence-electron chi connectivity index (χ1n) is 6.21. The minimum absolute atomic E-state index is 0.458. The van der Waals surface area contributed by atoms with Gasteiger partial charge in [-0.05, 0) is 50.4 Å². The number of aliphatic hydroxyl groups excluding tert-OH is 1. The van der Waals surface area contributed by atoms with Gasteiger partial charge in [0.2, 0.25) is 0 Å². The van der Waals surface area contributed by atoms with Crippen LogP contribution >= 0.6 is 11.6 Å². The Bertz CT molecular complexity index is 378. The molecule has 1 saturated carbocycles. The zero-order valence-corrected chi connectivity index (χ0v) is 11.2. The molecule has 0 amide bonds. The van der Waals surface area contributed by atoms with Crippen LogP contribution in [-0.2, 0) is 0 Å². The lowest BCUT2D eigenvalue weighted by Crippen LogP contribution is -2.34. The molecular weight excluding hydrogens is 234 g/mol. The van der Waals surface area contributed by atoms with Crippen LogP contribution in [0.4, 0.5) is 0 Å². The maximum atomic E-state index is 10.2. The maximum absolute atomic E-state index is 10.2. The van der Waals surface area contributed by atoms with E-state index >= 15 is 0 Å². The van der Waals surface area contributed by atoms with E-state index in [0.717, 1.165) is 11.5 Å². The van der Waals surface area contributed by atoms with Gasteiger partial charge in [-0.1, -0.05) is 23.7 Å². The van der Waals surface area contributed by atoms with Gasteiger partial charge in [0.25, 0.3) is 0 Å². The van der Waals surface area contributed by atoms with E-state index in [1.807, 2.05) is 24.3 Å². The van der Waals surface area contributed by atoms with Crippen LogP contribution in [0.2, 0.25) is 5.02 Å². The molecule has 0 aliphatic heterocycles. The molecule has 1 aromatic carbocycles. The van der Waals surface area contributed by atoms with Crippen molar-refractivity contribution in [2.75, 3.05) is 13.6 Å². The van der Waals surface area contributed by atoms with E-state index in [2.05, 4.69) is 18.9 Å². The van der Waals surface area contributed by atoms with Gasteiger partial charge in [0.05, 0.1) is 6.10 Å². The second kappa shape index (κ2) is 5.38. The summed E-state index contributed by atoms with van der Waals surface area (Å²) in [7, 11) is 2.08. The Morgan fingerprint density at radius 2 is 2.18 bits per heavy atom. The van der Waals surface area contributed by atoms with Crippen LogP contribution in [0.1, 0.15) is 31.4 Å². The van der Waals surface area contributed by atoms with Gasteiger partial charge >= 0.3 is 0 Å². The number of benzene rings is 1. The van der Waals surface area contributed by atoms with E-state index in [0.29, 0.717) is 17.6 Å². The highest BCUT2D eigenvalue weighted by atomic mass is 35.5. The topological polar surface area (TPSA) is 23.5 Å². The highest BCUT2D eigenvalue weighted by Gasteiger charge is 2.31. The third-order valence-electron chi connectivity index (χ3n) is 3.69. The summed E-state index contributed by atoms with van der Waals surface area (Å²) in [6.45, 7) is 2.90. The third-order valence-corrected chi connectivity index (χ3v) is 3.93. The lowest BCUT2D eigenvalue weighted by atomic mass is 10.1. The number of aliphatic hydroxyl groups is 1. The summed E-state index contributed by atoms with van der Waals surface area (Å²) in [4.78, 5) is 2.24. The van der Waals surface area contributed by atoms with Gasteiger partial charge in [0.15, 0.2) is 0 Å². The molecule has 1 aliphatic rings. The van der Waals surface area contributed by atoms with Gasteiger partial charge in [-0.3, -0.25) is 0 Å². The molecule has 2 rings (SSSR count). The molecular formula is C14H20ClNO. The fourth-order valence-electron chi connectivity index (χ4n) is 2.20. The van der Waals surface area contributed by atoms with E-state index in [-0.39, 0.29) is 0 Å². The van der Waals surface area contributed by atoms with Crippen LogP contribution in [0.5, 0.6) is 0 Å². The van der Waals surface area contributed by atoms with Crippen LogP contribution in [0.15, 0.2) is 24.3 Å². The summed E-state index contributed by atoms with van der Waals surface area (Å²) in [6, 6.07) is 8.02. The van der Waals surface area contributed by atoms with Gasteiger partial charge in [0, 0.05) is 17.6 Å². The first-order chi connectivity index (χ1) is 8.08. The number of halogens is 1. The smallest absolute Gasteiger partial charge is 0.0917 e. The molecule has 2 nitrogen and oxygen atoms in total. The highest BCUT2D eigenvalue weighted by molar-refractivity contribution is 6.30. The fraction of sp³-hybridized carbons (Fsp3) is 0.571. The van der Waals surface area contributed by atoms with E-state index in [4.69, 9.17) is 11.6 Å². The Morgan fingerprint density at radius 1 is 1.47 bits per heavy atom. The Morgan fingerprint density at radius 3 is 2.76 bits per heavy atom. The van der Waals surface area contributed by atoms with Crippen molar-refractivity contribution >= 4 is 11.6 Å². The molecule has 2 unspecified atom stereocenters. The van der Waals surface area contributed by atoms with E-state index in [1.54, 1.807) is 0 Å². The zero-order chi connectivity index (χ0) is 12.4. The summed E-state index contributed by atoms with van der Waals surface area (Å²) in [6.07, 6.45) is 2.21. The first-order valence-corrected chi connectivity index (χ1v) is 6.59. The van der Waals surface area contributed by atoms with E-state index < -0.39 is 6.10 Å². The van der Waals surface area contributed by atoms with Crippen molar-refractivity contribution in [2.45, 2.75) is 31.9 Å². The van der Waals surface area contributed by atoms with Gasteiger partial charge in [-0.25, -0.2) is 0 Å². The molecule has 0 heterocycles. The minimum atomic E-state index is -0.458. The molecule has 1 aromatic rings. The molecule has 3 heteroatoms. The fourth-order valence-corrected chi connectivity index (χ4v) is 2.40. The average Bonchev–Trinajstić information content (AvgIpc) is 3.11. The average molecular weight is 254 g/mol. The van der Waals surface area contributed by atoms with Gasteiger partial charge in [-0.15, -0.1) is 0 Å². The van der Waals surface area contributed by atoms with Crippen LogP contribution in [-0.4, -0.2) is 29.6 Å². The largest absolute Gasteiger partial charge is 0.387 e. The Hall–Kier alpha value is -0.570. The lowest BCUT2D eigenvalue weighted by Gasteiger charge is -2.27. The van der Waals surface area contributed by atoms with Crippen molar-refractivity contribution in [3.8, 4) is 0 Å². The summed E-state index contributed by atoms with van der Waals surface area (Å²) in [5.41, 5.74) is 0.896. The van der Waals surface area contributed by atoms with Crippen molar-refractivity contribution in [1.82, 2.24) is 4.90 Å². The van der Waals surface area contributed by atoms with E-state index in [1.165, 1.54) is 12.8 Å². The first kappa shape index (κ1) is 12.9. The summed E-state index contributed by atoms with van der Waals surface area (Å²) in [5, 5.41) is 10.8. The quantitative estimate of drug-likeness (QED) is 0.872. The zero-order valence-electron chi connectivity index (χ0n) is 10.4. The van der Waals surface area contributed by atoms with Crippen molar-refractivity contribution in [3.63, 3.8) is 0 Å². The van der Waals surface area contributed by atoms with Crippen LogP contribution in [0, 0.1) is 5.92 Å². The normalized spacial score (nSPS) is 19.4. The van der Waals surface area contributed by atoms with Crippen LogP contribution in [0.25, 0.3) is 0 Å². The number of likely N-dealkylation sites (N-methyl/N-ethyl adjacent to an activating group) is 1. The second-order valence-corrected chi connectivity index (χ2v) is 5.52. The standard InChI is InChI=1S/C14H20ClNO/c1-10(11-6-7-11)16(2)9-14(17)12-4-3-5-13(15)8-12/h3-5,8,10-11,14,17H,6-7,9H2,1-2H3. The Labute approximate surface area is 108 Å². The molecule has 0 saturated heterocycles. The highest BCUT2D eigenvalue weighted by Crippen LogP contribution is 2.35. The molecule has 1 aliphatic carbocycles.